The van der Waals surface area contributed by atoms with Crippen LogP contribution in [0.4, 0.5) is 8.78 Å². The first-order valence-electron chi connectivity index (χ1n) is 4.30. The first-order chi connectivity index (χ1) is 6.11. The van der Waals surface area contributed by atoms with Crippen LogP contribution in [0.15, 0.2) is 12.7 Å². The van der Waals surface area contributed by atoms with Crippen LogP contribution in [0, 0.1) is 0 Å². The Hall–Kier alpha value is -0.130. The van der Waals surface area contributed by atoms with Crippen molar-refractivity contribution in [3.63, 3.8) is 0 Å². The van der Waals surface area contributed by atoms with Crippen LogP contribution in [0.25, 0.3) is 0 Å². The molecule has 0 aliphatic rings. The summed E-state index contributed by atoms with van der Waals surface area (Å²) in [6, 6.07) is -1.18. The van der Waals surface area contributed by atoms with E-state index in [9.17, 15) is 13.3 Å². The van der Waals surface area contributed by atoms with Crippen molar-refractivity contribution in [3.05, 3.63) is 12.7 Å². The Bertz CT molecular complexity index is 203. The van der Waals surface area contributed by atoms with Gasteiger partial charge in [-0.2, -0.15) is 0 Å². The maximum Gasteiger partial charge on any atom is 0.285 e. The van der Waals surface area contributed by atoms with Crippen molar-refractivity contribution in [3.8, 4) is 0 Å². The molecule has 0 aromatic heterocycles. The molecule has 0 saturated carbocycles. The van der Waals surface area contributed by atoms with Crippen molar-refractivity contribution >= 4 is 11.4 Å². The molecule has 0 heterocycles. The van der Waals surface area contributed by atoms with E-state index in [4.69, 9.17) is 0 Å². The molecule has 2 nitrogen and oxygen atoms in total. The van der Waals surface area contributed by atoms with E-state index in [0.29, 0.717) is 6.08 Å². The Labute approximate surface area is 87.1 Å². The zero-order valence-corrected chi connectivity index (χ0v) is 9.75. The fourth-order valence-electron chi connectivity index (χ4n) is 0.593. The van der Waals surface area contributed by atoms with E-state index in [-0.39, 0.29) is 0 Å². The smallest absolute Gasteiger partial charge is 0.285 e. The number of hydrogen-bond donors (Lipinski definition) is 1. The molecule has 0 aliphatic carbocycles. The Morgan fingerprint density at radius 2 is 1.86 bits per heavy atom. The molecule has 0 saturated heterocycles. The summed E-state index contributed by atoms with van der Waals surface area (Å²) in [5.74, 6) is -3.04. The van der Waals surface area contributed by atoms with E-state index in [1.54, 1.807) is 20.8 Å². The van der Waals surface area contributed by atoms with Crippen molar-refractivity contribution in [1.29, 1.82) is 0 Å². The first kappa shape index (κ1) is 13.9. The van der Waals surface area contributed by atoms with E-state index in [2.05, 4.69) is 11.3 Å². The van der Waals surface area contributed by atoms with Crippen LogP contribution in [-0.4, -0.2) is 21.3 Å². The summed E-state index contributed by atoms with van der Waals surface area (Å²) < 4.78 is 39.2. The lowest BCUT2D eigenvalue weighted by molar-refractivity contribution is 0.0270. The Balaban J connectivity index is 4.33. The molecule has 2 atom stereocenters. The second-order valence-corrected chi connectivity index (χ2v) is 6.10. The summed E-state index contributed by atoms with van der Waals surface area (Å²) >= 11 is -1.49. The maximum atomic E-state index is 13.0. The van der Waals surface area contributed by atoms with Crippen molar-refractivity contribution in [2.24, 2.45) is 0 Å². The number of hydrogen-bond acceptors (Lipinski definition) is 2. The molecule has 0 radical (unpaired) electrons. The van der Waals surface area contributed by atoms with Gasteiger partial charge in [0.15, 0.2) is 0 Å². The summed E-state index contributed by atoms with van der Waals surface area (Å²) in [5.41, 5.74) is 0. The molecule has 0 rings (SSSR count). The van der Waals surface area contributed by atoms with Crippen molar-refractivity contribution in [1.82, 2.24) is 4.72 Å². The predicted octanol–water partition coefficient (Wildman–Crippen LogP) is 2.25. The number of alkyl halides is 2. The molecular formula is C9H17F2NOS. The average molecular weight is 225 g/mol. The van der Waals surface area contributed by atoms with Crippen LogP contribution in [0.2, 0.25) is 0 Å². The summed E-state index contributed by atoms with van der Waals surface area (Å²) in [6.45, 7) is 9.47. The third kappa shape index (κ3) is 3.94. The van der Waals surface area contributed by atoms with Gasteiger partial charge in [-0.15, -0.1) is 4.72 Å². The van der Waals surface area contributed by atoms with Gasteiger partial charge in [0.2, 0.25) is 0 Å². The molecule has 14 heavy (non-hydrogen) atoms. The van der Waals surface area contributed by atoms with Gasteiger partial charge in [0.25, 0.3) is 5.92 Å². The highest BCUT2D eigenvalue weighted by Crippen LogP contribution is 2.22. The molecule has 1 N–H and O–H groups in total. The lowest BCUT2D eigenvalue weighted by Crippen LogP contribution is -2.49. The van der Waals surface area contributed by atoms with E-state index in [1.807, 2.05) is 0 Å². The number of halogens is 2. The SMILES string of the molecule is C=CC(F)(F)[C@H](C)N[S+]([O-])C(C)(C)C. The fraction of sp³-hybridized carbons (Fsp3) is 0.778. The standard InChI is InChI=1S/C9H17F2NOS/c1-6-9(10,11)7(2)12-14(13)8(3,4)5/h6-7,12H,1H2,2-5H3/t7-,14?/m0/s1. The van der Waals surface area contributed by atoms with Gasteiger partial charge in [-0.1, -0.05) is 6.58 Å². The zero-order valence-electron chi connectivity index (χ0n) is 8.93. The zero-order chi connectivity index (χ0) is 11.6. The van der Waals surface area contributed by atoms with Crippen LogP contribution in [0.3, 0.4) is 0 Å². The molecule has 0 fully saturated rings. The molecule has 0 aliphatic heterocycles. The normalized spacial score (nSPS) is 17.6. The van der Waals surface area contributed by atoms with E-state index >= 15 is 0 Å². The molecule has 1 unspecified atom stereocenters. The quantitative estimate of drug-likeness (QED) is 0.588. The Morgan fingerprint density at radius 3 is 2.14 bits per heavy atom. The van der Waals surface area contributed by atoms with Crippen molar-refractivity contribution in [2.75, 3.05) is 0 Å². The second-order valence-electron chi connectivity index (χ2n) is 4.10. The molecule has 84 valence electrons. The monoisotopic (exact) mass is 225 g/mol. The van der Waals surface area contributed by atoms with E-state index in [1.165, 1.54) is 6.92 Å². The van der Waals surface area contributed by atoms with Gasteiger partial charge in [-0.05, 0) is 33.8 Å². The Kier molecular flexibility index (Phi) is 4.55. The van der Waals surface area contributed by atoms with Gasteiger partial charge in [0.1, 0.15) is 10.8 Å². The van der Waals surface area contributed by atoms with E-state index < -0.39 is 28.1 Å². The topological polar surface area (TPSA) is 35.1 Å². The van der Waals surface area contributed by atoms with Crippen molar-refractivity contribution in [2.45, 2.75) is 44.4 Å². The van der Waals surface area contributed by atoms with Gasteiger partial charge in [0, 0.05) is 11.4 Å². The minimum absolute atomic E-state index is 0.550. The lowest BCUT2D eigenvalue weighted by Gasteiger charge is -2.28. The summed E-state index contributed by atoms with van der Waals surface area (Å²) in [7, 11) is 0. The number of nitrogens with one attached hydrogen (secondary N) is 1. The predicted molar refractivity (Wildman–Crippen MR) is 55.6 cm³/mol. The highest BCUT2D eigenvalue weighted by molar-refractivity contribution is 7.90. The molecular weight excluding hydrogens is 208 g/mol. The van der Waals surface area contributed by atoms with Gasteiger partial charge in [-0.3, -0.25) is 0 Å². The summed E-state index contributed by atoms with van der Waals surface area (Å²) in [6.07, 6.45) is 0.560. The minimum atomic E-state index is -3.04. The summed E-state index contributed by atoms with van der Waals surface area (Å²) in [5, 5.41) is 0. The fourth-order valence-corrected chi connectivity index (χ4v) is 1.42. The molecule has 5 heteroatoms. The van der Waals surface area contributed by atoms with Gasteiger partial charge in [-0.25, -0.2) is 8.78 Å². The average Bonchev–Trinajstić information content (AvgIpc) is 2.02. The van der Waals surface area contributed by atoms with Crippen LogP contribution in [-0.2, 0) is 11.4 Å². The first-order valence-corrected chi connectivity index (χ1v) is 5.45. The van der Waals surface area contributed by atoms with Gasteiger partial charge in [0.05, 0.1) is 0 Å². The number of rotatable bonds is 4. The highest BCUT2D eigenvalue weighted by atomic mass is 32.2. The largest absolute Gasteiger partial charge is 0.598 e. The molecule has 0 aromatic rings. The minimum Gasteiger partial charge on any atom is -0.598 e. The van der Waals surface area contributed by atoms with Crippen LogP contribution in [0.5, 0.6) is 0 Å². The van der Waals surface area contributed by atoms with Crippen LogP contribution < -0.4 is 4.72 Å². The summed E-state index contributed by atoms with van der Waals surface area (Å²) in [4.78, 5) is 0. The molecule has 0 aromatic carbocycles. The van der Waals surface area contributed by atoms with Crippen LogP contribution >= 0.6 is 0 Å². The molecule has 0 bridgehead atoms. The third-order valence-electron chi connectivity index (χ3n) is 1.69. The molecule has 0 amide bonds. The van der Waals surface area contributed by atoms with Crippen molar-refractivity contribution < 1.29 is 13.3 Å². The molecule has 0 spiro atoms. The third-order valence-corrected chi connectivity index (χ3v) is 3.37. The Morgan fingerprint density at radius 1 is 1.43 bits per heavy atom. The lowest BCUT2D eigenvalue weighted by atomic mass is 10.2. The van der Waals surface area contributed by atoms with Gasteiger partial charge < -0.3 is 4.55 Å². The van der Waals surface area contributed by atoms with Gasteiger partial charge >= 0.3 is 0 Å². The van der Waals surface area contributed by atoms with E-state index in [0.717, 1.165) is 0 Å². The highest BCUT2D eigenvalue weighted by Gasteiger charge is 2.38. The van der Waals surface area contributed by atoms with Crippen LogP contribution in [0.1, 0.15) is 27.7 Å². The maximum absolute atomic E-state index is 13.0. The second kappa shape index (κ2) is 4.59.